The minimum Gasteiger partial charge on any atom is -0.462 e. The molecule has 0 fully saturated rings. The van der Waals surface area contributed by atoms with Crippen LogP contribution in [-0.2, 0) is 28.6 Å². The molecule has 2 atom stereocenters. The summed E-state index contributed by atoms with van der Waals surface area (Å²) in [6.45, 7) is 11.4. The number of esters is 3. The molecule has 1 unspecified atom stereocenters. The molecule has 6 heteroatoms. The average molecular weight is 892 g/mol. The van der Waals surface area contributed by atoms with Gasteiger partial charge in [-0.1, -0.05) is 279 Å². The number of rotatable bonds is 51. The number of carbonyl (C=O) groups excluding carboxylic acids is 3. The molecule has 0 aliphatic carbocycles. The van der Waals surface area contributed by atoms with E-state index in [4.69, 9.17) is 14.2 Å². The highest BCUT2D eigenvalue weighted by molar-refractivity contribution is 5.71. The van der Waals surface area contributed by atoms with Crippen LogP contribution in [0, 0.1) is 11.8 Å². The second-order valence-electron chi connectivity index (χ2n) is 20.3. The summed E-state index contributed by atoms with van der Waals surface area (Å²) in [5.41, 5.74) is 0. The van der Waals surface area contributed by atoms with Gasteiger partial charge in [-0.05, 0) is 31.1 Å². The second kappa shape index (κ2) is 49.8. The first kappa shape index (κ1) is 61.4. The van der Waals surface area contributed by atoms with Gasteiger partial charge in [0.05, 0.1) is 0 Å². The van der Waals surface area contributed by atoms with E-state index in [9.17, 15) is 14.4 Å². The van der Waals surface area contributed by atoms with Gasteiger partial charge in [0.2, 0.25) is 0 Å². The highest BCUT2D eigenvalue weighted by Gasteiger charge is 2.19. The van der Waals surface area contributed by atoms with Crippen LogP contribution in [0.25, 0.3) is 0 Å². The normalized spacial score (nSPS) is 12.5. The van der Waals surface area contributed by atoms with E-state index in [1.54, 1.807) is 0 Å². The van der Waals surface area contributed by atoms with Crippen molar-refractivity contribution in [3.63, 3.8) is 0 Å². The zero-order valence-electron chi connectivity index (χ0n) is 43.2. The molecular weight excluding hydrogens is 781 g/mol. The van der Waals surface area contributed by atoms with Gasteiger partial charge >= 0.3 is 17.9 Å². The first-order valence-corrected chi connectivity index (χ1v) is 28.3. The van der Waals surface area contributed by atoms with E-state index in [2.05, 4.69) is 34.6 Å². The molecule has 0 saturated heterocycles. The zero-order chi connectivity index (χ0) is 46.1. The van der Waals surface area contributed by atoms with Crippen molar-refractivity contribution in [2.75, 3.05) is 13.2 Å². The molecule has 0 amide bonds. The van der Waals surface area contributed by atoms with Crippen LogP contribution in [0.5, 0.6) is 0 Å². The Labute approximate surface area is 393 Å². The van der Waals surface area contributed by atoms with Crippen LogP contribution in [0.3, 0.4) is 0 Å². The van der Waals surface area contributed by atoms with Crippen molar-refractivity contribution in [2.45, 2.75) is 323 Å². The van der Waals surface area contributed by atoms with Crippen molar-refractivity contribution in [1.29, 1.82) is 0 Å². The highest BCUT2D eigenvalue weighted by atomic mass is 16.6. The highest BCUT2D eigenvalue weighted by Crippen LogP contribution is 2.18. The number of hydrogen-bond acceptors (Lipinski definition) is 6. The minimum atomic E-state index is -0.761. The summed E-state index contributed by atoms with van der Waals surface area (Å²) in [5, 5.41) is 0. The van der Waals surface area contributed by atoms with E-state index in [1.807, 2.05) is 0 Å². The van der Waals surface area contributed by atoms with E-state index in [0.29, 0.717) is 19.3 Å². The Morgan fingerprint density at radius 3 is 0.905 bits per heavy atom. The standard InChI is InChI=1S/C57H110O6/c1-6-8-9-10-11-25-32-37-42-47-55(58)61-50-54(51-62-56(59)48-43-38-33-28-24-20-21-26-30-35-40-45-52(3)4)63-57(60)49-44-39-34-29-23-19-17-15-13-12-14-16-18-22-27-31-36-41-46-53(5)7-2/h52-54H,6-51H2,1-5H3/t53?,54-/m0/s1. The largest absolute Gasteiger partial charge is 0.462 e. The van der Waals surface area contributed by atoms with Gasteiger partial charge in [0.15, 0.2) is 6.10 Å². The van der Waals surface area contributed by atoms with Crippen molar-refractivity contribution in [3.8, 4) is 0 Å². The van der Waals surface area contributed by atoms with Crippen LogP contribution in [0.4, 0.5) is 0 Å². The summed E-state index contributed by atoms with van der Waals surface area (Å²) in [4.78, 5) is 38.0. The summed E-state index contributed by atoms with van der Waals surface area (Å²) < 4.78 is 16.8. The third-order valence-electron chi connectivity index (χ3n) is 13.3. The minimum absolute atomic E-state index is 0.0633. The monoisotopic (exact) mass is 891 g/mol. The zero-order valence-corrected chi connectivity index (χ0v) is 43.2. The van der Waals surface area contributed by atoms with Gasteiger partial charge in [-0.15, -0.1) is 0 Å². The molecule has 374 valence electrons. The Hall–Kier alpha value is -1.59. The van der Waals surface area contributed by atoms with Gasteiger partial charge in [-0.3, -0.25) is 14.4 Å². The third-order valence-corrected chi connectivity index (χ3v) is 13.3. The van der Waals surface area contributed by atoms with Crippen LogP contribution < -0.4 is 0 Å². The molecule has 0 saturated carbocycles. The lowest BCUT2D eigenvalue weighted by molar-refractivity contribution is -0.167. The fraction of sp³-hybridized carbons (Fsp3) is 0.947. The molecule has 0 aromatic rings. The van der Waals surface area contributed by atoms with Crippen LogP contribution in [0.2, 0.25) is 0 Å². The van der Waals surface area contributed by atoms with E-state index >= 15 is 0 Å². The summed E-state index contributed by atoms with van der Waals surface area (Å²) >= 11 is 0. The summed E-state index contributed by atoms with van der Waals surface area (Å²) in [5.74, 6) is 0.891. The Morgan fingerprint density at radius 2 is 0.603 bits per heavy atom. The Bertz CT molecular complexity index is 964. The molecule has 0 N–H and O–H groups in total. The lowest BCUT2D eigenvalue weighted by Gasteiger charge is -2.18. The predicted octanol–water partition coefficient (Wildman–Crippen LogP) is 18.5. The number of hydrogen-bond donors (Lipinski definition) is 0. The van der Waals surface area contributed by atoms with Crippen LogP contribution >= 0.6 is 0 Å². The van der Waals surface area contributed by atoms with E-state index in [1.165, 1.54) is 205 Å². The molecule has 0 spiro atoms. The van der Waals surface area contributed by atoms with Gasteiger partial charge < -0.3 is 14.2 Å². The maximum Gasteiger partial charge on any atom is 0.306 e. The fourth-order valence-corrected chi connectivity index (χ4v) is 8.66. The smallest absolute Gasteiger partial charge is 0.306 e. The molecule has 0 radical (unpaired) electrons. The number of unbranched alkanes of at least 4 members (excludes halogenated alkanes) is 35. The molecular formula is C57H110O6. The molecule has 6 nitrogen and oxygen atoms in total. The van der Waals surface area contributed by atoms with Gasteiger partial charge in [0, 0.05) is 19.3 Å². The SMILES string of the molecule is CCCCCCCCCCCC(=O)OC[C@@H](COC(=O)CCCCCCCCCCCCCC(C)C)OC(=O)CCCCCCCCCCCCCCCCCCCCC(C)CC. The van der Waals surface area contributed by atoms with Crippen molar-refractivity contribution in [3.05, 3.63) is 0 Å². The Kier molecular flexibility index (Phi) is 48.6. The maximum atomic E-state index is 12.8. The van der Waals surface area contributed by atoms with Crippen molar-refractivity contribution in [1.82, 2.24) is 0 Å². The first-order valence-electron chi connectivity index (χ1n) is 28.3. The van der Waals surface area contributed by atoms with Crippen LogP contribution in [0.15, 0.2) is 0 Å². The topological polar surface area (TPSA) is 78.9 Å². The molecule has 63 heavy (non-hydrogen) atoms. The van der Waals surface area contributed by atoms with Crippen molar-refractivity contribution in [2.24, 2.45) is 11.8 Å². The summed E-state index contributed by atoms with van der Waals surface area (Å²) in [6, 6.07) is 0. The van der Waals surface area contributed by atoms with E-state index in [-0.39, 0.29) is 31.1 Å². The van der Waals surface area contributed by atoms with Gasteiger partial charge in [-0.2, -0.15) is 0 Å². The van der Waals surface area contributed by atoms with Crippen molar-refractivity contribution < 1.29 is 28.6 Å². The third kappa shape index (κ3) is 49.7. The van der Waals surface area contributed by atoms with E-state index in [0.717, 1.165) is 69.6 Å². The summed E-state index contributed by atoms with van der Waals surface area (Å²) in [7, 11) is 0. The first-order chi connectivity index (χ1) is 30.8. The molecule has 0 aromatic carbocycles. The number of ether oxygens (including phenoxy) is 3. The molecule has 0 bridgehead atoms. The van der Waals surface area contributed by atoms with Crippen LogP contribution in [-0.4, -0.2) is 37.2 Å². The molecule has 0 aliphatic rings. The quantitative estimate of drug-likeness (QED) is 0.0344. The Morgan fingerprint density at radius 1 is 0.333 bits per heavy atom. The van der Waals surface area contributed by atoms with E-state index < -0.39 is 6.10 Å². The Balaban J connectivity index is 4.19. The number of carbonyl (C=O) groups is 3. The molecule has 0 aliphatic heterocycles. The van der Waals surface area contributed by atoms with Gasteiger partial charge in [0.1, 0.15) is 13.2 Å². The van der Waals surface area contributed by atoms with Crippen LogP contribution in [0.1, 0.15) is 317 Å². The lowest BCUT2D eigenvalue weighted by Crippen LogP contribution is -2.30. The fourth-order valence-electron chi connectivity index (χ4n) is 8.66. The molecule has 0 rings (SSSR count). The van der Waals surface area contributed by atoms with Gasteiger partial charge in [0.25, 0.3) is 0 Å². The average Bonchev–Trinajstić information content (AvgIpc) is 3.27. The maximum absolute atomic E-state index is 12.8. The lowest BCUT2D eigenvalue weighted by atomic mass is 9.99. The molecule has 0 heterocycles. The van der Waals surface area contributed by atoms with Gasteiger partial charge in [-0.25, -0.2) is 0 Å². The second-order valence-corrected chi connectivity index (χ2v) is 20.3. The van der Waals surface area contributed by atoms with Crippen molar-refractivity contribution >= 4 is 17.9 Å². The predicted molar refractivity (Wildman–Crippen MR) is 270 cm³/mol. The molecule has 0 aromatic heterocycles. The summed E-state index contributed by atoms with van der Waals surface area (Å²) in [6.07, 6.45) is 52.4.